The average molecular weight is 376 g/mol. The molecule has 1 aliphatic heterocycles. The minimum absolute atomic E-state index is 0.591. The number of rotatable bonds is 4. The van der Waals surface area contributed by atoms with E-state index in [9.17, 15) is 0 Å². The van der Waals surface area contributed by atoms with Crippen molar-refractivity contribution in [1.82, 2.24) is 4.90 Å². The molecule has 0 bridgehead atoms. The van der Waals surface area contributed by atoms with Crippen LogP contribution in [0.4, 0.5) is 5.69 Å². The summed E-state index contributed by atoms with van der Waals surface area (Å²) in [6, 6.07) is 6.80. The maximum absolute atomic E-state index is 3.66. The number of likely N-dealkylation sites (tertiary alicyclic amines) is 1. The highest BCUT2D eigenvalue weighted by molar-refractivity contribution is 9.11. The van der Waals surface area contributed by atoms with Crippen molar-refractivity contribution in [2.24, 2.45) is 0 Å². The second-order valence-corrected chi connectivity index (χ2v) is 6.57. The summed E-state index contributed by atoms with van der Waals surface area (Å²) < 4.78 is 2.26. The van der Waals surface area contributed by atoms with Crippen molar-refractivity contribution in [1.29, 1.82) is 0 Å². The van der Waals surface area contributed by atoms with Crippen LogP contribution in [0.3, 0.4) is 0 Å². The summed E-state index contributed by atoms with van der Waals surface area (Å²) in [7, 11) is 0. The fourth-order valence-electron chi connectivity index (χ4n) is 2.46. The molecule has 0 saturated carbocycles. The Morgan fingerprint density at radius 1 is 1.22 bits per heavy atom. The highest BCUT2D eigenvalue weighted by atomic mass is 79.9. The van der Waals surface area contributed by atoms with E-state index in [1.165, 1.54) is 44.6 Å². The van der Waals surface area contributed by atoms with Crippen molar-refractivity contribution < 1.29 is 0 Å². The SMILES string of the molecule is CCCN1CCC(Nc2c(Br)cccc2Br)CC1. The molecule has 1 aromatic rings. The Hall–Kier alpha value is -0.0600. The third kappa shape index (κ3) is 3.72. The molecule has 0 aromatic heterocycles. The van der Waals surface area contributed by atoms with Gasteiger partial charge in [0.2, 0.25) is 0 Å². The molecule has 4 heteroatoms. The Morgan fingerprint density at radius 2 is 1.83 bits per heavy atom. The molecule has 18 heavy (non-hydrogen) atoms. The number of nitrogens with one attached hydrogen (secondary N) is 1. The Morgan fingerprint density at radius 3 is 2.39 bits per heavy atom. The molecule has 1 saturated heterocycles. The van der Waals surface area contributed by atoms with Gasteiger partial charge in [-0.3, -0.25) is 0 Å². The van der Waals surface area contributed by atoms with E-state index in [-0.39, 0.29) is 0 Å². The van der Waals surface area contributed by atoms with Crippen LogP contribution in [0.1, 0.15) is 26.2 Å². The number of nitrogens with zero attached hydrogens (tertiary/aromatic N) is 1. The quantitative estimate of drug-likeness (QED) is 0.833. The molecular formula is C14H20Br2N2. The molecule has 0 atom stereocenters. The van der Waals surface area contributed by atoms with E-state index in [1.807, 2.05) is 6.07 Å². The van der Waals surface area contributed by atoms with Crippen LogP contribution in [0.15, 0.2) is 27.1 Å². The first kappa shape index (κ1) is 14.4. The fraction of sp³-hybridized carbons (Fsp3) is 0.571. The molecule has 1 heterocycles. The van der Waals surface area contributed by atoms with Gasteiger partial charge in [-0.25, -0.2) is 0 Å². The van der Waals surface area contributed by atoms with Gasteiger partial charge in [-0.1, -0.05) is 13.0 Å². The average Bonchev–Trinajstić information content (AvgIpc) is 2.36. The maximum Gasteiger partial charge on any atom is 0.0631 e. The van der Waals surface area contributed by atoms with E-state index in [2.05, 4.69) is 61.1 Å². The van der Waals surface area contributed by atoms with Crippen molar-refractivity contribution >= 4 is 37.5 Å². The van der Waals surface area contributed by atoms with E-state index < -0.39 is 0 Å². The van der Waals surface area contributed by atoms with E-state index in [1.54, 1.807) is 0 Å². The molecular weight excluding hydrogens is 356 g/mol. The third-order valence-electron chi connectivity index (χ3n) is 3.44. The first-order valence-electron chi connectivity index (χ1n) is 6.63. The minimum atomic E-state index is 0.591. The Labute approximate surface area is 126 Å². The lowest BCUT2D eigenvalue weighted by atomic mass is 10.0. The van der Waals surface area contributed by atoms with Gasteiger partial charge in [0.1, 0.15) is 0 Å². The van der Waals surface area contributed by atoms with Gasteiger partial charge >= 0.3 is 0 Å². The van der Waals surface area contributed by atoms with Crippen LogP contribution in [0, 0.1) is 0 Å². The van der Waals surface area contributed by atoms with Gasteiger partial charge in [-0.15, -0.1) is 0 Å². The Kier molecular flexibility index (Phi) is 5.52. The number of halogens is 2. The largest absolute Gasteiger partial charge is 0.380 e. The molecule has 0 radical (unpaired) electrons. The lowest BCUT2D eigenvalue weighted by Gasteiger charge is -2.33. The lowest BCUT2D eigenvalue weighted by molar-refractivity contribution is 0.219. The van der Waals surface area contributed by atoms with Gasteiger partial charge in [0.15, 0.2) is 0 Å². The zero-order valence-electron chi connectivity index (χ0n) is 10.8. The smallest absolute Gasteiger partial charge is 0.0631 e. The summed E-state index contributed by atoms with van der Waals surface area (Å²) >= 11 is 7.22. The van der Waals surface area contributed by atoms with Crippen molar-refractivity contribution in [3.8, 4) is 0 Å². The number of para-hydroxylation sites is 1. The lowest BCUT2D eigenvalue weighted by Crippen LogP contribution is -2.39. The summed E-state index contributed by atoms with van der Waals surface area (Å²) in [6.07, 6.45) is 3.72. The summed E-state index contributed by atoms with van der Waals surface area (Å²) in [5.74, 6) is 0. The highest BCUT2D eigenvalue weighted by Crippen LogP contribution is 2.32. The molecule has 0 amide bonds. The van der Waals surface area contributed by atoms with Crippen LogP contribution in [0.2, 0.25) is 0 Å². The zero-order valence-corrected chi connectivity index (χ0v) is 13.9. The monoisotopic (exact) mass is 374 g/mol. The predicted octanol–water partition coefficient (Wildman–Crippen LogP) is 4.50. The second kappa shape index (κ2) is 6.92. The topological polar surface area (TPSA) is 15.3 Å². The molecule has 1 aromatic carbocycles. The first-order valence-corrected chi connectivity index (χ1v) is 8.22. The van der Waals surface area contributed by atoms with Gasteiger partial charge in [0.25, 0.3) is 0 Å². The third-order valence-corrected chi connectivity index (χ3v) is 4.76. The summed E-state index contributed by atoms with van der Waals surface area (Å²) in [4.78, 5) is 2.56. The molecule has 0 aliphatic carbocycles. The molecule has 0 unspecified atom stereocenters. The number of anilines is 1. The normalized spacial score (nSPS) is 17.9. The second-order valence-electron chi connectivity index (χ2n) is 4.86. The van der Waals surface area contributed by atoms with Crippen molar-refractivity contribution in [3.05, 3.63) is 27.1 Å². The van der Waals surface area contributed by atoms with E-state index in [0.717, 1.165) is 8.95 Å². The zero-order chi connectivity index (χ0) is 13.0. The predicted molar refractivity (Wildman–Crippen MR) is 85.2 cm³/mol. The molecule has 1 N–H and O–H groups in total. The van der Waals surface area contributed by atoms with Gasteiger partial charge < -0.3 is 10.2 Å². The number of hydrogen-bond donors (Lipinski definition) is 1. The molecule has 2 nitrogen and oxygen atoms in total. The highest BCUT2D eigenvalue weighted by Gasteiger charge is 2.19. The van der Waals surface area contributed by atoms with Crippen LogP contribution in [0.5, 0.6) is 0 Å². The summed E-state index contributed by atoms with van der Waals surface area (Å²) in [5, 5.41) is 3.66. The maximum atomic E-state index is 3.66. The summed E-state index contributed by atoms with van der Waals surface area (Å²) in [6.45, 7) is 5.93. The van der Waals surface area contributed by atoms with Crippen molar-refractivity contribution in [2.75, 3.05) is 25.0 Å². The van der Waals surface area contributed by atoms with Gasteiger partial charge in [0.05, 0.1) is 5.69 Å². The van der Waals surface area contributed by atoms with Gasteiger partial charge in [-0.2, -0.15) is 0 Å². The molecule has 0 spiro atoms. The standard InChI is InChI=1S/C14H20Br2N2/c1-2-8-18-9-6-11(7-10-18)17-14-12(15)4-3-5-13(14)16/h3-5,11,17H,2,6-10H2,1H3. The Balaban J connectivity index is 1.92. The number of hydrogen-bond acceptors (Lipinski definition) is 2. The molecule has 1 fully saturated rings. The number of piperidine rings is 1. The van der Waals surface area contributed by atoms with Crippen LogP contribution in [0.25, 0.3) is 0 Å². The Bertz CT molecular complexity index is 367. The van der Waals surface area contributed by atoms with Crippen LogP contribution in [-0.4, -0.2) is 30.6 Å². The fourth-order valence-corrected chi connectivity index (χ4v) is 3.68. The molecule has 2 rings (SSSR count). The van der Waals surface area contributed by atoms with Crippen molar-refractivity contribution in [3.63, 3.8) is 0 Å². The minimum Gasteiger partial charge on any atom is -0.380 e. The van der Waals surface area contributed by atoms with Crippen molar-refractivity contribution in [2.45, 2.75) is 32.2 Å². The number of benzene rings is 1. The van der Waals surface area contributed by atoms with E-state index in [0.29, 0.717) is 6.04 Å². The van der Waals surface area contributed by atoms with Crippen LogP contribution in [-0.2, 0) is 0 Å². The summed E-state index contributed by atoms with van der Waals surface area (Å²) in [5.41, 5.74) is 1.19. The molecule has 1 aliphatic rings. The molecule has 100 valence electrons. The van der Waals surface area contributed by atoms with Gasteiger partial charge in [0, 0.05) is 28.1 Å². The van der Waals surface area contributed by atoms with Crippen LogP contribution >= 0.6 is 31.9 Å². The van der Waals surface area contributed by atoms with E-state index in [4.69, 9.17) is 0 Å². The van der Waals surface area contributed by atoms with Crippen LogP contribution < -0.4 is 5.32 Å². The van der Waals surface area contributed by atoms with E-state index >= 15 is 0 Å². The first-order chi connectivity index (χ1) is 8.70. The van der Waals surface area contributed by atoms with Gasteiger partial charge in [-0.05, 0) is 69.8 Å².